The van der Waals surface area contributed by atoms with Gasteiger partial charge >= 0.3 is 0 Å². The maximum absolute atomic E-state index is 13.9. The highest BCUT2D eigenvalue weighted by molar-refractivity contribution is 7.15. The number of rotatable bonds is 6. The average Bonchev–Trinajstić information content (AvgIpc) is 3.18. The van der Waals surface area contributed by atoms with Gasteiger partial charge < -0.3 is 15.0 Å². The van der Waals surface area contributed by atoms with Crippen LogP contribution in [0.3, 0.4) is 0 Å². The van der Waals surface area contributed by atoms with Crippen LogP contribution in [0.1, 0.15) is 10.4 Å². The molecule has 0 amide bonds. The van der Waals surface area contributed by atoms with E-state index < -0.39 is 0 Å². The van der Waals surface area contributed by atoms with Gasteiger partial charge in [-0.2, -0.15) is 0 Å². The number of benzene rings is 1. The van der Waals surface area contributed by atoms with Gasteiger partial charge in [0.15, 0.2) is 0 Å². The van der Waals surface area contributed by atoms with E-state index >= 15 is 0 Å². The summed E-state index contributed by atoms with van der Waals surface area (Å²) in [6, 6.07) is 15.0. The van der Waals surface area contributed by atoms with Gasteiger partial charge in [0.05, 0.1) is 13.2 Å². The van der Waals surface area contributed by atoms with E-state index in [4.69, 9.17) is 4.74 Å². The Morgan fingerprint density at radius 1 is 1.04 bits per heavy atom. The van der Waals surface area contributed by atoms with Crippen molar-refractivity contribution in [3.05, 3.63) is 71.0 Å². The summed E-state index contributed by atoms with van der Waals surface area (Å²) in [6.07, 6.45) is 1.84. The molecular formula is C21H22FN3OS. The molecule has 1 fully saturated rings. The van der Waals surface area contributed by atoms with Crippen molar-refractivity contribution in [1.29, 1.82) is 0 Å². The van der Waals surface area contributed by atoms with E-state index in [9.17, 15) is 4.39 Å². The fraction of sp³-hybridized carbons (Fsp3) is 0.286. The van der Waals surface area contributed by atoms with Crippen molar-refractivity contribution in [3.63, 3.8) is 0 Å². The monoisotopic (exact) mass is 383 g/mol. The third-order valence-electron chi connectivity index (χ3n) is 4.59. The lowest BCUT2D eigenvalue weighted by Gasteiger charge is -2.29. The van der Waals surface area contributed by atoms with E-state index in [0.717, 1.165) is 50.1 Å². The maximum atomic E-state index is 13.9. The molecule has 1 aliphatic heterocycles. The quantitative estimate of drug-likeness (QED) is 0.696. The molecule has 3 aromatic rings. The third kappa shape index (κ3) is 4.35. The van der Waals surface area contributed by atoms with Crippen molar-refractivity contribution >= 4 is 17.2 Å². The Kier molecular flexibility index (Phi) is 5.77. The summed E-state index contributed by atoms with van der Waals surface area (Å²) in [5, 5.41) is 3.50. The molecule has 0 unspecified atom stereocenters. The van der Waals surface area contributed by atoms with Crippen LogP contribution in [0.2, 0.25) is 0 Å². The van der Waals surface area contributed by atoms with E-state index in [1.165, 1.54) is 16.5 Å². The standard InChI is InChI=1S/C21H22FN3OS/c22-19-6-2-1-5-18(19)20-8-7-17(27-20)15-23-14-16-4-3-9-24-21(16)25-10-12-26-13-11-25/h1-9,23H,10-15H2. The highest BCUT2D eigenvalue weighted by Crippen LogP contribution is 2.30. The summed E-state index contributed by atoms with van der Waals surface area (Å²) in [5.74, 6) is 0.857. The number of pyridine rings is 1. The third-order valence-corrected chi connectivity index (χ3v) is 5.71. The first kappa shape index (κ1) is 18.1. The Bertz CT molecular complexity index is 892. The van der Waals surface area contributed by atoms with Crippen LogP contribution in [-0.2, 0) is 17.8 Å². The number of aromatic nitrogens is 1. The van der Waals surface area contributed by atoms with Gasteiger partial charge in [-0.15, -0.1) is 11.3 Å². The Balaban J connectivity index is 1.39. The van der Waals surface area contributed by atoms with Crippen molar-refractivity contribution in [1.82, 2.24) is 10.3 Å². The summed E-state index contributed by atoms with van der Waals surface area (Å²) in [7, 11) is 0. The van der Waals surface area contributed by atoms with Crippen LogP contribution in [0.15, 0.2) is 54.7 Å². The molecule has 27 heavy (non-hydrogen) atoms. The van der Waals surface area contributed by atoms with Crippen molar-refractivity contribution < 1.29 is 9.13 Å². The van der Waals surface area contributed by atoms with Crippen LogP contribution >= 0.6 is 11.3 Å². The zero-order valence-electron chi connectivity index (χ0n) is 15.0. The Morgan fingerprint density at radius 3 is 2.74 bits per heavy atom. The molecule has 1 aromatic carbocycles. The molecule has 1 saturated heterocycles. The molecule has 3 heterocycles. The van der Waals surface area contributed by atoms with Crippen LogP contribution in [0.4, 0.5) is 10.2 Å². The first-order valence-corrected chi connectivity index (χ1v) is 9.94. The number of thiophene rings is 1. The lowest BCUT2D eigenvalue weighted by atomic mass is 10.2. The molecule has 0 aliphatic carbocycles. The van der Waals surface area contributed by atoms with Gasteiger partial charge in [-0.3, -0.25) is 0 Å². The molecule has 140 valence electrons. The van der Waals surface area contributed by atoms with E-state index in [1.54, 1.807) is 17.4 Å². The summed E-state index contributed by atoms with van der Waals surface area (Å²) >= 11 is 1.62. The molecule has 2 aromatic heterocycles. The number of ether oxygens (including phenoxy) is 1. The lowest BCUT2D eigenvalue weighted by molar-refractivity contribution is 0.122. The zero-order chi connectivity index (χ0) is 18.5. The summed E-state index contributed by atoms with van der Waals surface area (Å²) in [4.78, 5) is 9.00. The van der Waals surface area contributed by atoms with Crippen LogP contribution < -0.4 is 10.2 Å². The number of hydrogen-bond acceptors (Lipinski definition) is 5. The Hall–Kier alpha value is -2.28. The molecule has 1 aliphatic rings. The van der Waals surface area contributed by atoms with Gasteiger partial charge in [-0.1, -0.05) is 24.3 Å². The minimum absolute atomic E-state index is 0.177. The van der Waals surface area contributed by atoms with Gasteiger partial charge in [0.1, 0.15) is 11.6 Å². The van der Waals surface area contributed by atoms with E-state index in [0.29, 0.717) is 5.56 Å². The minimum atomic E-state index is -0.177. The molecule has 0 bridgehead atoms. The molecular weight excluding hydrogens is 361 g/mol. The van der Waals surface area contributed by atoms with E-state index in [2.05, 4.69) is 27.3 Å². The summed E-state index contributed by atoms with van der Waals surface area (Å²) in [6.45, 7) is 4.74. The number of halogens is 1. The van der Waals surface area contributed by atoms with Gasteiger partial charge in [0.2, 0.25) is 0 Å². The van der Waals surface area contributed by atoms with Crippen LogP contribution in [0, 0.1) is 5.82 Å². The van der Waals surface area contributed by atoms with Crippen molar-refractivity contribution in [2.24, 2.45) is 0 Å². The smallest absolute Gasteiger partial charge is 0.133 e. The predicted molar refractivity (Wildman–Crippen MR) is 108 cm³/mol. The average molecular weight is 383 g/mol. The highest BCUT2D eigenvalue weighted by Gasteiger charge is 2.15. The van der Waals surface area contributed by atoms with Crippen molar-refractivity contribution in [2.45, 2.75) is 13.1 Å². The Morgan fingerprint density at radius 2 is 1.89 bits per heavy atom. The lowest BCUT2D eigenvalue weighted by Crippen LogP contribution is -2.37. The normalized spacial score (nSPS) is 14.5. The second-order valence-corrected chi connectivity index (χ2v) is 7.60. The van der Waals surface area contributed by atoms with E-state index in [1.807, 2.05) is 30.5 Å². The second kappa shape index (κ2) is 8.61. The number of hydrogen-bond donors (Lipinski definition) is 1. The van der Waals surface area contributed by atoms with Gasteiger partial charge in [-0.25, -0.2) is 9.37 Å². The first-order chi connectivity index (χ1) is 13.3. The predicted octanol–water partition coefficient (Wildman–Crippen LogP) is 4.08. The van der Waals surface area contributed by atoms with Gasteiger partial charge in [0, 0.05) is 53.3 Å². The molecule has 0 radical (unpaired) electrons. The number of morpholine rings is 1. The topological polar surface area (TPSA) is 37.4 Å². The number of nitrogens with one attached hydrogen (secondary N) is 1. The van der Waals surface area contributed by atoms with Crippen molar-refractivity contribution in [3.8, 4) is 10.4 Å². The molecule has 4 nitrogen and oxygen atoms in total. The molecule has 4 rings (SSSR count). The van der Waals surface area contributed by atoms with Crippen LogP contribution in [0.25, 0.3) is 10.4 Å². The van der Waals surface area contributed by atoms with Crippen LogP contribution in [0.5, 0.6) is 0 Å². The zero-order valence-corrected chi connectivity index (χ0v) is 15.8. The Labute approximate surface area is 162 Å². The molecule has 0 spiro atoms. The van der Waals surface area contributed by atoms with E-state index in [-0.39, 0.29) is 5.82 Å². The molecule has 0 saturated carbocycles. The van der Waals surface area contributed by atoms with Crippen LogP contribution in [-0.4, -0.2) is 31.3 Å². The fourth-order valence-corrected chi connectivity index (χ4v) is 4.23. The fourth-order valence-electron chi connectivity index (χ4n) is 3.23. The van der Waals surface area contributed by atoms with Crippen molar-refractivity contribution in [2.75, 3.05) is 31.2 Å². The molecule has 0 atom stereocenters. The molecule has 6 heteroatoms. The second-order valence-electron chi connectivity index (χ2n) is 6.43. The van der Waals surface area contributed by atoms with Gasteiger partial charge in [0.25, 0.3) is 0 Å². The largest absolute Gasteiger partial charge is 0.378 e. The van der Waals surface area contributed by atoms with Gasteiger partial charge in [-0.05, 0) is 24.3 Å². The number of nitrogens with zero attached hydrogens (tertiary/aromatic N) is 2. The SMILES string of the molecule is Fc1ccccc1-c1ccc(CNCc2cccnc2N2CCOCC2)s1. The summed E-state index contributed by atoms with van der Waals surface area (Å²) in [5.41, 5.74) is 1.85. The summed E-state index contributed by atoms with van der Waals surface area (Å²) < 4.78 is 19.4. The minimum Gasteiger partial charge on any atom is -0.378 e. The maximum Gasteiger partial charge on any atom is 0.133 e. The number of anilines is 1. The molecule has 1 N–H and O–H groups in total. The highest BCUT2D eigenvalue weighted by atomic mass is 32.1. The first-order valence-electron chi connectivity index (χ1n) is 9.12.